The predicted octanol–water partition coefficient (Wildman–Crippen LogP) is 3.05. The minimum absolute atomic E-state index is 0.293. The Bertz CT molecular complexity index is 486. The lowest BCUT2D eigenvalue weighted by Gasteiger charge is -2.32. The normalized spacial score (nSPS) is 20.0. The third-order valence-corrected chi connectivity index (χ3v) is 4.22. The van der Waals surface area contributed by atoms with Crippen molar-refractivity contribution in [1.82, 2.24) is 0 Å². The molecule has 0 spiro atoms. The van der Waals surface area contributed by atoms with Gasteiger partial charge < -0.3 is 14.0 Å². The molecule has 2 rings (SSSR count). The van der Waals surface area contributed by atoms with E-state index in [-0.39, 0.29) is 5.82 Å². The van der Waals surface area contributed by atoms with Crippen molar-refractivity contribution in [3.8, 4) is 0 Å². The lowest BCUT2D eigenvalue weighted by Crippen LogP contribution is -2.41. The summed E-state index contributed by atoms with van der Waals surface area (Å²) in [6, 6.07) is 4.66. The summed E-state index contributed by atoms with van der Waals surface area (Å²) in [5, 5.41) is 0. The summed E-state index contributed by atoms with van der Waals surface area (Å²) in [6.07, 6.45) is 0.951. The Morgan fingerprint density at radius 2 is 1.76 bits per heavy atom. The van der Waals surface area contributed by atoms with Gasteiger partial charge in [-0.15, -0.1) is 0 Å². The highest BCUT2D eigenvalue weighted by atomic mass is 19.1. The molecule has 0 amide bonds. The molecule has 1 fully saturated rings. The molecule has 0 unspecified atom stereocenters. The van der Waals surface area contributed by atoms with Crippen LogP contribution < -0.4 is 5.46 Å². The second-order valence-electron chi connectivity index (χ2n) is 6.48. The lowest BCUT2D eigenvalue weighted by molar-refractivity contribution is 0.00578. The van der Waals surface area contributed by atoms with E-state index in [0.29, 0.717) is 18.7 Å². The zero-order valence-electron chi connectivity index (χ0n) is 13.5. The Balaban J connectivity index is 2.25. The van der Waals surface area contributed by atoms with Gasteiger partial charge >= 0.3 is 7.12 Å². The molecule has 0 aliphatic carbocycles. The average molecular weight is 294 g/mol. The van der Waals surface area contributed by atoms with Gasteiger partial charge in [0.25, 0.3) is 0 Å². The highest BCUT2D eigenvalue weighted by molar-refractivity contribution is 6.62. The molecule has 0 N–H and O–H groups in total. The highest BCUT2D eigenvalue weighted by Gasteiger charge is 2.52. The number of benzene rings is 1. The Morgan fingerprint density at radius 1 is 1.14 bits per heavy atom. The van der Waals surface area contributed by atoms with Gasteiger partial charge in [-0.2, -0.15) is 0 Å². The summed E-state index contributed by atoms with van der Waals surface area (Å²) < 4.78 is 31.2. The van der Waals surface area contributed by atoms with E-state index in [1.807, 2.05) is 27.7 Å². The number of hydrogen-bond donors (Lipinski definition) is 0. The molecule has 1 aromatic carbocycles. The van der Waals surface area contributed by atoms with Crippen LogP contribution in [0.2, 0.25) is 0 Å². The smallest absolute Gasteiger partial charge is 0.399 e. The van der Waals surface area contributed by atoms with E-state index in [1.165, 1.54) is 12.1 Å². The summed E-state index contributed by atoms with van der Waals surface area (Å²) in [6.45, 7) is 11.1. The van der Waals surface area contributed by atoms with Crippen LogP contribution in [0.3, 0.4) is 0 Å². The van der Waals surface area contributed by atoms with Crippen molar-refractivity contribution >= 4 is 12.6 Å². The van der Waals surface area contributed by atoms with Gasteiger partial charge in [0.1, 0.15) is 5.82 Å². The summed E-state index contributed by atoms with van der Waals surface area (Å²) >= 11 is 0. The molecule has 1 aliphatic rings. The van der Waals surface area contributed by atoms with Crippen molar-refractivity contribution in [3.63, 3.8) is 0 Å². The molecular formula is C16H24BFO3. The van der Waals surface area contributed by atoms with Gasteiger partial charge in [0.15, 0.2) is 0 Å². The van der Waals surface area contributed by atoms with E-state index in [1.54, 1.807) is 6.07 Å². The van der Waals surface area contributed by atoms with E-state index >= 15 is 0 Å². The first-order valence-electron chi connectivity index (χ1n) is 7.48. The van der Waals surface area contributed by atoms with Crippen LogP contribution in [0.25, 0.3) is 0 Å². The quantitative estimate of drug-likeness (QED) is 0.617. The van der Waals surface area contributed by atoms with Crippen LogP contribution in [0.1, 0.15) is 46.6 Å². The van der Waals surface area contributed by atoms with Gasteiger partial charge in [0.05, 0.1) is 17.8 Å². The average Bonchev–Trinajstić information content (AvgIpc) is 2.60. The van der Waals surface area contributed by atoms with Gasteiger partial charge in [-0.1, -0.05) is 13.0 Å². The van der Waals surface area contributed by atoms with Crippen molar-refractivity contribution in [2.75, 3.05) is 6.61 Å². The zero-order chi connectivity index (χ0) is 15.7. The molecule has 116 valence electrons. The molecule has 1 aliphatic heterocycles. The molecule has 0 radical (unpaired) electrons. The molecule has 21 heavy (non-hydrogen) atoms. The topological polar surface area (TPSA) is 27.7 Å². The summed E-state index contributed by atoms with van der Waals surface area (Å²) in [4.78, 5) is 0. The van der Waals surface area contributed by atoms with Crippen molar-refractivity contribution in [2.24, 2.45) is 0 Å². The first kappa shape index (κ1) is 16.5. The van der Waals surface area contributed by atoms with E-state index in [0.717, 1.165) is 12.0 Å². The van der Waals surface area contributed by atoms with Crippen LogP contribution in [0, 0.1) is 5.82 Å². The zero-order valence-corrected chi connectivity index (χ0v) is 13.5. The fourth-order valence-corrected chi connectivity index (χ4v) is 2.21. The minimum Gasteiger partial charge on any atom is -0.399 e. The van der Waals surface area contributed by atoms with Crippen molar-refractivity contribution in [3.05, 3.63) is 29.6 Å². The van der Waals surface area contributed by atoms with Crippen molar-refractivity contribution in [1.29, 1.82) is 0 Å². The molecular weight excluding hydrogens is 270 g/mol. The maximum Gasteiger partial charge on any atom is 0.495 e. The first-order chi connectivity index (χ1) is 9.77. The maximum absolute atomic E-state index is 13.6. The van der Waals surface area contributed by atoms with Crippen LogP contribution in [-0.4, -0.2) is 24.9 Å². The summed E-state index contributed by atoms with van der Waals surface area (Å²) in [5.41, 5.74) is 0.741. The molecule has 5 heteroatoms. The standard InChI is InChI=1S/C16H24BFO3/c1-6-9-19-11-12-7-8-13(18)10-14(12)17-20-15(2,3)16(4,5)21-17/h7-8,10H,6,9,11H2,1-5H3. The molecule has 1 heterocycles. The van der Waals surface area contributed by atoms with Gasteiger partial charge in [0.2, 0.25) is 0 Å². The summed E-state index contributed by atoms with van der Waals surface area (Å²) in [5.74, 6) is -0.293. The third kappa shape index (κ3) is 3.47. The number of halogens is 1. The second kappa shape index (κ2) is 6.07. The van der Waals surface area contributed by atoms with Crippen LogP contribution in [-0.2, 0) is 20.7 Å². The molecule has 1 saturated heterocycles. The van der Waals surface area contributed by atoms with E-state index in [2.05, 4.69) is 6.92 Å². The fraction of sp³-hybridized carbons (Fsp3) is 0.625. The summed E-state index contributed by atoms with van der Waals surface area (Å²) in [7, 11) is -0.564. The van der Waals surface area contributed by atoms with Crippen LogP contribution in [0.5, 0.6) is 0 Å². The van der Waals surface area contributed by atoms with Crippen molar-refractivity contribution in [2.45, 2.75) is 58.8 Å². The Labute approximate surface area is 126 Å². The number of hydrogen-bond acceptors (Lipinski definition) is 3. The Hall–Kier alpha value is -0.905. The maximum atomic E-state index is 13.6. The highest BCUT2D eigenvalue weighted by Crippen LogP contribution is 2.36. The van der Waals surface area contributed by atoms with Gasteiger partial charge in [-0.25, -0.2) is 4.39 Å². The number of rotatable bonds is 5. The largest absolute Gasteiger partial charge is 0.495 e. The lowest BCUT2D eigenvalue weighted by atomic mass is 9.76. The monoisotopic (exact) mass is 294 g/mol. The van der Waals surface area contributed by atoms with Crippen LogP contribution >= 0.6 is 0 Å². The SMILES string of the molecule is CCCOCc1ccc(F)cc1B1OC(C)(C)C(C)(C)O1. The first-order valence-corrected chi connectivity index (χ1v) is 7.48. The number of ether oxygens (including phenoxy) is 1. The van der Waals surface area contributed by atoms with Gasteiger partial charge in [0, 0.05) is 6.61 Å². The van der Waals surface area contributed by atoms with Crippen LogP contribution in [0.4, 0.5) is 4.39 Å². The molecule has 0 bridgehead atoms. The van der Waals surface area contributed by atoms with E-state index < -0.39 is 18.3 Å². The second-order valence-corrected chi connectivity index (χ2v) is 6.48. The minimum atomic E-state index is -0.564. The Morgan fingerprint density at radius 3 is 2.33 bits per heavy atom. The predicted molar refractivity (Wildman–Crippen MR) is 82.1 cm³/mol. The third-order valence-electron chi connectivity index (χ3n) is 4.22. The molecule has 0 atom stereocenters. The van der Waals surface area contributed by atoms with E-state index in [4.69, 9.17) is 14.0 Å². The van der Waals surface area contributed by atoms with Crippen molar-refractivity contribution < 1.29 is 18.4 Å². The fourth-order valence-electron chi connectivity index (χ4n) is 2.21. The molecule has 0 aromatic heterocycles. The molecule has 0 saturated carbocycles. The van der Waals surface area contributed by atoms with Gasteiger partial charge in [-0.3, -0.25) is 0 Å². The molecule has 1 aromatic rings. The van der Waals surface area contributed by atoms with Crippen LogP contribution in [0.15, 0.2) is 18.2 Å². The van der Waals surface area contributed by atoms with Gasteiger partial charge in [-0.05, 0) is 57.3 Å². The Kier molecular flexibility index (Phi) is 4.76. The molecule has 3 nitrogen and oxygen atoms in total. The van der Waals surface area contributed by atoms with E-state index in [9.17, 15) is 4.39 Å².